The molecular weight excluding hydrogens is 370 g/mol. The second-order valence-corrected chi connectivity index (χ2v) is 8.22. The molecule has 1 saturated heterocycles. The molecule has 0 saturated carbocycles. The highest BCUT2D eigenvalue weighted by atomic mass is 16.6. The van der Waals surface area contributed by atoms with Crippen molar-refractivity contribution in [3.8, 4) is 0 Å². The van der Waals surface area contributed by atoms with Crippen LogP contribution in [0.4, 0.5) is 10.5 Å². The summed E-state index contributed by atoms with van der Waals surface area (Å²) >= 11 is 0. The Morgan fingerprint density at radius 2 is 1.79 bits per heavy atom. The molecule has 0 aromatic heterocycles. The first-order valence-corrected chi connectivity index (χ1v) is 9.97. The summed E-state index contributed by atoms with van der Waals surface area (Å²) in [7, 11) is 0. The van der Waals surface area contributed by atoms with E-state index in [0.717, 1.165) is 19.3 Å². The van der Waals surface area contributed by atoms with E-state index in [4.69, 9.17) is 4.74 Å². The number of nitrogens with one attached hydrogen (secondary N) is 2. The predicted molar refractivity (Wildman–Crippen MR) is 113 cm³/mol. The fourth-order valence-corrected chi connectivity index (χ4v) is 3.19. The Morgan fingerprint density at radius 1 is 1.17 bits per heavy atom. The van der Waals surface area contributed by atoms with Gasteiger partial charge in [-0.1, -0.05) is 6.58 Å². The van der Waals surface area contributed by atoms with Crippen molar-refractivity contribution in [3.63, 3.8) is 0 Å². The third kappa shape index (κ3) is 7.60. The van der Waals surface area contributed by atoms with Crippen molar-refractivity contribution in [2.75, 3.05) is 25.0 Å². The first-order chi connectivity index (χ1) is 13.7. The number of carbonyl (C=O) groups is 3. The minimum absolute atomic E-state index is 0.00285. The van der Waals surface area contributed by atoms with Crippen molar-refractivity contribution in [2.24, 2.45) is 5.92 Å². The fraction of sp³-hybridized carbons (Fsp3) is 0.500. The highest BCUT2D eigenvalue weighted by molar-refractivity contribution is 5.99. The maximum absolute atomic E-state index is 12.7. The molecule has 0 bridgehead atoms. The van der Waals surface area contributed by atoms with Crippen LogP contribution in [0.5, 0.6) is 0 Å². The zero-order valence-corrected chi connectivity index (χ0v) is 17.5. The molecule has 3 amide bonds. The SMILES string of the molecule is C=CC(=O)Nc1ccc(C(=O)N2CCC(CCNC(=O)OC(C)(C)C)CC2)cc1. The van der Waals surface area contributed by atoms with Gasteiger partial charge >= 0.3 is 6.09 Å². The molecule has 7 nitrogen and oxygen atoms in total. The lowest BCUT2D eigenvalue weighted by Crippen LogP contribution is -2.39. The van der Waals surface area contributed by atoms with Gasteiger partial charge in [-0.05, 0) is 76.3 Å². The summed E-state index contributed by atoms with van der Waals surface area (Å²) in [6.45, 7) is 10.9. The number of nitrogens with zero attached hydrogens (tertiary/aromatic N) is 1. The van der Waals surface area contributed by atoms with Gasteiger partial charge < -0.3 is 20.3 Å². The van der Waals surface area contributed by atoms with Crippen molar-refractivity contribution < 1.29 is 19.1 Å². The van der Waals surface area contributed by atoms with Gasteiger partial charge in [0, 0.05) is 30.9 Å². The van der Waals surface area contributed by atoms with Crippen molar-refractivity contribution in [1.29, 1.82) is 0 Å². The Bertz CT molecular complexity index is 729. The Balaban J connectivity index is 1.74. The highest BCUT2D eigenvalue weighted by Crippen LogP contribution is 2.22. The number of likely N-dealkylation sites (tertiary alicyclic amines) is 1. The van der Waals surface area contributed by atoms with E-state index >= 15 is 0 Å². The van der Waals surface area contributed by atoms with E-state index in [-0.39, 0.29) is 11.8 Å². The molecule has 1 aromatic carbocycles. The van der Waals surface area contributed by atoms with Crippen LogP contribution in [-0.2, 0) is 9.53 Å². The van der Waals surface area contributed by atoms with E-state index in [1.54, 1.807) is 24.3 Å². The Hall–Kier alpha value is -2.83. The van der Waals surface area contributed by atoms with Gasteiger partial charge in [0.05, 0.1) is 0 Å². The molecule has 1 aliphatic rings. The summed E-state index contributed by atoms with van der Waals surface area (Å²) < 4.78 is 5.23. The van der Waals surface area contributed by atoms with Crippen LogP contribution in [0.3, 0.4) is 0 Å². The normalized spacial score (nSPS) is 14.8. The van der Waals surface area contributed by atoms with Gasteiger partial charge in [-0.3, -0.25) is 9.59 Å². The maximum atomic E-state index is 12.7. The van der Waals surface area contributed by atoms with Crippen LogP contribution in [0, 0.1) is 5.92 Å². The molecule has 1 aliphatic heterocycles. The summed E-state index contributed by atoms with van der Waals surface area (Å²) in [5.74, 6) is 0.190. The van der Waals surface area contributed by atoms with Gasteiger partial charge in [0.15, 0.2) is 0 Å². The monoisotopic (exact) mass is 401 g/mol. The largest absolute Gasteiger partial charge is 0.444 e. The van der Waals surface area contributed by atoms with E-state index in [1.807, 2.05) is 25.7 Å². The van der Waals surface area contributed by atoms with Crippen LogP contribution >= 0.6 is 0 Å². The average Bonchev–Trinajstić information content (AvgIpc) is 2.67. The lowest BCUT2D eigenvalue weighted by Gasteiger charge is -2.32. The third-order valence-corrected chi connectivity index (χ3v) is 4.71. The second-order valence-electron chi connectivity index (χ2n) is 8.22. The number of rotatable bonds is 6. The van der Waals surface area contributed by atoms with Crippen molar-refractivity contribution in [2.45, 2.75) is 45.6 Å². The topological polar surface area (TPSA) is 87.7 Å². The molecule has 0 atom stereocenters. The Labute approximate surface area is 172 Å². The number of alkyl carbamates (subject to hydrolysis) is 1. The number of carbonyl (C=O) groups excluding carboxylic acids is 3. The third-order valence-electron chi connectivity index (χ3n) is 4.71. The molecule has 158 valence electrons. The Morgan fingerprint density at radius 3 is 2.34 bits per heavy atom. The quantitative estimate of drug-likeness (QED) is 0.713. The number of benzene rings is 1. The predicted octanol–water partition coefficient (Wildman–Crippen LogP) is 3.58. The number of ether oxygens (including phenoxy) is 1. The smallest absolute Gasteiger partial charge is 0.407 e. The van der Waals surface area contributed by atoms with Crippen LogP contribution in [0.15, 0.2) is 36.9 Å². The van der Waals surface area contributed by atoms with E-state index in [0.29, 0.717) is 36.8 Å². The molecule has 7 heteroatoms. The van der Waals surface area contributed by atoms with Crippen LogP contribution < -0.4 is 10.6 Å². The number of hydrogen-bond donors (Lipinski definition) is 2. The lowest BCUT2D eigenvalue weighted by molar-refractivity contribution is -0.111. The van der Waals surface area contributed by atoms with Gasteiger partial charge in [-0.2, -0.15) is 0 Å². The maximum Gasteiger partial charge on any atom is 0.407 e. The molecule has 2 rings (SSSR count). The van der Waals surface area contributed by atoms with Crippen molar-refractivity contribution in [3.05, 3.63) is 42.5 Å². The highest BCUT2D eigenvalue weighted by Gasteiger charge is 2.24. The summed E-state index contributed by atoms with van der Waals surface area (Å²) in [5, 5.41) is 5.45. The number of amides is 3. The van der Waals surface area contributed by atoms with E-state index in [1.165, 1.54) is 6.08 Å². The molecule has 0 aliphatic carbocycles. The Kier molecular flexibility index (Phi) is 7.82. The first kappa shape index (κ1) is 22.5. The fourth-order valence-electron chi connectivity index (χ4n) is 3.19. The summed E-state index contributed by atoms with van der Waals surface area (Å²) in [5.41, 5.74) is 0.736. The van der Waals surface area contributed by atoms with Gasteiger partial charge in [-0.25, -0.2) is 4.79 Å². The molecule has 0 radical (unpaired) electrons. The van der Waals surface area contributed by atoms with Crippen LogP contribution in [0.2, 0.25) is 0 Å². The number of anilines is 1. The zero-order chi connectivity index (χ0) is 21.4. The van der Waals surface area contributed by atoms with Gasteiger partial charge in [0.2, 0.25) is 5.91 Å². The standard InChI is InChI=1S/C22H31N3O4/c1-5-19(26)24-18-8-6-17(7-9-18)20(27)25-14-11-16(12-15-25)10-13-23-21(28)29-22(2,3)4/h5-9,16H,1,10-15H2,2-4H3,(H,23,28)(H,24,26). The van der Waals surface area contributed by atoms with Gasteiger partial charge in [0.1, 0.15) is 5.60 Å². The van der Waals surface area contributed by atoms with E-state index < -0.39 is 11.7 Å². The zero-order valence-electron chi connectivity index (χ0n) is 17.5. The summed E-state index contributed by atoms with van der Waals surface area (Å²) in [6, 6.07) is 6.86. The molecule has 29 heavy (non-hydrogen) atoms. The summed E-state index contributed by atoms with van der Waals surface area (Å²) in [4.78, 5) is 37.5. The number of hydrogen-bond acceptors (Lipinski definition) is 4. The van der Waals surface area contributed by atoms with Gasteiger partial charge in [-0.15, -0.1) is 0 Å². The first-order valence-electron chi connectivity index (χ1n) is 9.97. The molecular formula is C22H31N3O4. The average molecular weight is 402 g/mol. The number of piperidine rings is 1. The molecule has 1 aromatic rings. The molecule has 0 unspecified atom stereocenters. The van der Waals surface area contributed by atoms with E-state index in [2.05, 4.69) is 17.2 Å². The van der Waals surface area contributed by atoms with Crippen LogP contribution in [0.1, 0.15) is 50.4 Å². The van der Waals surface area contributed by atoms with Crippen molar-refractivity contribution in [1.82, 2.24) is 10.2 Å². The molecule has 2 N–H and O–H groups in total. The molecule has 0 spiro atoms. The van der Waals surface area contributed by atoms with E-state index in [9.17, 15) is 14.4 Å². The lowest BCUT2D eigenvalue weighted by atomic mass is 9.93. The van der Waals surface area contributed by atoms with Crippen LogP contribution in [-0.4, -0.2) is 48.0 Å². The minimum Gasteiger partial charge on any atom is -0.444 e. The molecule has 1 heterocycles. The minimum atomic E-state index is -0.495. The molecule has 1 fully saturated rings. The van der Waals surface area contributed by atoms with Crippen molar-refractivity contribution >= 4 is 23.6 Å². The van der Waals surface area contributed by atoms with Gasteiger partial charge in [0.25, 0.3) is 5.91 Å². The van der Waals surface area contributed by atoms with Crippen LogP contribution in [0.25, 0.3) is 0 Å². The second kappa shape index (κ2) is 10.1. The summed E-state index contributed by atoms with van der Waals surface area (Å²) in [6.07, 6.45) is 3.51.